The highest BCUT2D eigenvalue weighted by molar-refractivity contribution is 5.80. The molecule has 0 fully saturated rings. The first-order valence-corrected chi connectivity index (χ1v) is 10.1. The number of carbonyl (C=O) groups excluding carboxylic acids is 1. The number of hydrogen-bond acceptors (Lipinski definition) is 5. The SMILES string of the molecule is C[C@H](NC(=O)C[C@](C#N)(c1ccccc1)c1ccc([N+](=O)[O-])cc1)[C@H](O)c1ccccc1. The molecule has 1 amide bonds. The van der Waals surface area contributed by atoms with Crippen LogP contribution in [0.3, 0.4) is 0 Å². The molecule has 0 aliphatic carbocycles. The third-order valence-electron chi connectivity index (χ3n) is 5.46. The van der Waals surface area contributed by atoms with Crippen molar-refractivity contribution in [2.75, 3.05) is 0 Å². The molecule has 0 aliphatic rings. The van der Waals surface area contributed by atoms with Gasteiger partial charge >= 0.3 is 0 Å². The maximum Gasteiger partial charge on any atom is 0.269 e. The first kappa shape index (κ1) is 22.7. The summed E-state index contributed by atoms with van der Waals surface area (Å²) >= 11 is 0. The van der Waals surface area contributed by atoms with E-state index in [1.807, 2.05) is 6.07 Å². The highest BCUT2D eigenvalue weighted by Gasteiger charge is 2.38. The maximum absolute atomic E-state index is 13.0. The Morgan fingerprint density at radius 1 is 1.03 bits per heavy atom. The van der Waals surface area contributed by atoms with Crippen LogP contribution >= 0.6 is 0 Å². The first-order chi connectivity index (χ1) is 15.4. The molecule has 3 aromatic rings. The second kappa shape index (κ2) is 9.86. The lowest BCUT2D eigenvalue weighted by Crippen LogP contribution is -2.41. The monoisotopic (exact) mass is 429 g/mol. The van der Waals surface area contributed by atoms with Gasteiger partial charge in [0, 0.05) is 12.1 Å². The summed E-state index contributed by atoms with van der Waals surface area (Å²) in [6.45, 7) is 1.69. The van der Waals surface area contributed by atoms with Crippen LogP contribution in [-0.2, 0) is 10.2 Å². The number of amides is 1. The summed E-state index contributed by atoms with van der Waals surface area (Å²) in [4.78, 5) is 23.5. The van der Waals surface area contributed by atoms with Gasteiger partial charge in [-0.05, 0) is 23.6 Å². The number of non-ortho nitro benzene ring substituents is 1. The van der Waals surface area contributed by atoms with E-state index in [0.717, 1.165) is 0 Å². The molecule has 0 spiro atoms. The van der Waals surface area contributed by atoms with E-state index in [1.165, 1.54) is 24.3 Å². The summed E-state index contributed by atoms with van der Waals surface area (Å²) in [5.74, 6) is -0.420. The number of aliphatic hydroxyl groups is 1. The summed E-state index contributed by atoms with van der Waals surface area (Å²) in [6, 6.07) is 25.2. The molecule has 3 rings (SSSR count). The topological polar surface area (TPSA) is 116 Å². The minimum absolute atomic E-state index is 0.0993. The largest absolute Gasteiger partial charge is 0.386 e. The Morgan fingerprint density at radius 2 is 1.56 bits per heavy atom. The van der Waals surface area contributed by atoms with Gasteiger partial charge in [0.1, 0.15) is 5.41 Å². The van der Waals surface area contributed by atoms with Gasteiger partial charge in [-0.2, -0.15) is 5.26 Å². The summed E-state index contributed by atoms with van der Waals surface area (Å²) in [7, 11) is 0. The number of nitrogens with zero attached hydrogens (tertiary/aromatic N) is 2. The highest BCUT2D eigenvalue weighted by Crippen LogP contribution is 2.36. The molecular weight excluding hydrogens is 406 g/mol. The molecule has 0 unspecified atom stereocenters. The normalized spacial score (nSPS) is 14.4. The van der Waals surface area contributed by atoms with Crippen LogP contribution < -0.4 is 5.32 Å². The molecule has 0 saturated heterocycles. The van der Waals surface area contributed by atoms with Crippen molar-refractivity contribution >= 4 is 11.6 Å². The fourth-order valence-corrected chi connectivity index (χ4v) is 3.69. The zero-order chi connectivity index (χ0) is 23.1. The van der Waals surface area contributed by atoms with Crippen molar-refractivity contribution in [3.8, 4) is 6.07 Å². The van der Waals surface area contributed by atoms with E-state index < -0.39 is 28.4 Å². The summed E-state index contributed by atoms with van der Waals surface area (Å²) < 4.78 is 0. The zero-order valence-corrected chi connectivity index (χ0v) is 17.5. The van der Waals surface area contributed by atoms with Crippen LogP contribution in [0.2, 0.25) is 0 Å². The van der Waals surface area contributed by atoms with Crippen molar-refractivity contribution in [3.05, 3.63) is 112 Å². The van der Waals surface area contributed by atoms with Gasteiger partial charge in [0.25, 0.3) is 5.69 Å². The molecule has 0 aromatic heterocycles. The lowest BCUT2D eigenvalue weighted by atomic mass is 9.73. The second-order valence-electron chi connectivity index (χ2n) is 7.58. The van der Waals surface area contributed by atoms with E-state index in [2.05, 4.69) is 11.4 Å². The van der Waals surface area contributed by atoms with Crippen molar-refractivity contribution in [1.29, 1.82) is 5.26 Å². The Balaban J connectivity index is 1.90. The molecule has 0 bridgehead atoms. The van der Waals surface area contributed by atoms with Crippen LogP contribution in [0.5, 0.6) is 0 Å². The van der Waals surface area contributed by atoms with E-state index in [4.69, 9.17) is 0 Å². The van der Waals surface area contributed by atoms with E-state index in [1.54, 1.807) is 61.5 Å². The van der Waals surface area contributed by atoms with Crippen LogP contribution in [0.25, 0.3) is 0 Å². The van der Waals surface area contributed by atoms with Gasteiger partial charge in [-0.1, -0.05) is 72.8 Å². The molecule has 0 heterocycles. The Bertz CT molecular complexity index is 1110. The average molecular weight is 429 g/mol. The van der Waals surface area contributed by atoms with Crippen LogP contribution in [0.15, 0.2) is 84.9 Å². The number of aliphatic hydroxyl groups excluding tert-OH is 1. The van der Waals surface area contributed by atoms with Gasteiger partial charge in [0.05, 0.1) is 29.6 Å². The highest BCUT2D eigenvalue weighted by atomic mass is 16.6. The third kappa shape index (κ3) is 4.82. The lowest BCUT2D eigenvalue weighted by Gasteiger charge is -2.29. The van der Waals surface area contributed by atoms with Gasteiger partial charge in [-0.3, -0.25) is 14.9 Å². The Labute approximate surface area is 186 Å². The van der Waals surface area contributed by atoms with E-state index >= 15 is 0 Å². The van der Waals surface area contributed by atoms with Gasteiger partial charge < -0.3 is 10.4 Å². The fraction of sp³-hybridized carbons (Fsp3) is 0.200. The molecule has 0 saturated carbocycles. The van der Waals surface area contributed by atoms with Gasteiger partial charge in [0.15, 0.2) is 0 Å². The van der Waals surface area contributed by atoms with Gasteiger partial charge in [-0.15, -0.1) is 0 Å². The number of hydrogen-bond donors (Lipinski definition) is 2. The molecule has 7 nitrogen and oxygen atoms in total. The van der Waals surface area contributed by atoms with Crippen molar-refractivity contribution in [3.63, 3.8) is 0 Å². The molecule has 3 aromatic carbocycles. The predicted octanol–water partition coefficient (Wildman–Crippen LogP) is 4.03. The van der Waals surface area contributed by atoms with Crippen LogP contribution in [0.1, 0.15) is 36.1 Å². The number of benzene rings is 3. The molecule has 162 valence electrons. The third-order valence-corrected chi connectivity index (χ3v) is 5.46. The van der Waals surface area contributed by atoms with Crippen LogP contribution in [0, 0.1) is 21.4 Å². The minimum Gasteiger partial charge on any atom is -0.386 e. The number of nitrogens with one attached hydrogen (secondary N) is 1. The number of rotatable bonds is 8. The maximum atomic E-state index is 13.0. The average Bonchev–Trinajstić information content (AvgIpc) is 2.83. The molecule has 32 heavy (non-hydrogen) atoms. The number of nitro groups is 1. The number of nitro benzene ring substituents is 1. The van der Waals surface area contributed by atoms with Crippen molar-refractivity contribution in [2.45, 2.75) is 30.9 Å². The molecule has 7 heteroatoms. The van der Waals surface area contributed by atoms with E-state index in [9.17, 15) is 25.3 Å². The van der Waals surface area contributed by atoms with E-state index in [0.29, 0.717) is 16.7 Å². The smallest absolute Gasteiger partial charge is 0.269 e. The summed E-state index contributed by atoms with van der Waals surface area (Å²) in [5.41, 5.74) is 0.298. The minimum atomic E-state index is -1.35. The van der Waals surface area contributed by atoms with Crippen molar-refractivity contribution in [1.82, 2.24) is 5.32 Å². The van der Waals surface area contributed by atoms with Gasteiger partial charge in [0.2, 0.25) is 5.91 Å². The Morgan fingerprint density at radius 3 is 2.09 bits per heavy atom. The first-order valence-electron chi connectivity index (χ1n) is 10.1. The summed E-state index contributed by atoms with van der Waals surface area (Å²) in [5, 5.41) is 34.6. The predicted molar refractivity (Wildman–Crippen MR) is 120 cm³/mol. The number of carbonyl (C=O) groups is 1. The quantitative estimate of drug-likeness (QED) is 0.414. The standard InChI is InChI=1S/C25H23N3O4/c1-18(24(30)19-8-4-2-5-9-19)27-23(29)16-25(17-26,20-10-6-3-7-11-20)21-12-14-22(15-13-21)28(31)32/h2-15,18,24,30H,16H2,1H3,(H,27,29)/t18-,24-,25-/m0/s1. The van der Waals surface area contributed by atoms with Crippen LogP contribution in [-0.4, -0.2) is 22.0 Å². The van der Waals surface area contributed by atoms with Crippen LogP contribution in [0.4, 0.5) is 5.69 Å². The number of nitriles is 1. The molecule has 2 N–H and O–H groups in total. The molecule has 0 radical (unpaired) electrons. The summed E-state index contributed by atoms with van der Waals surface area (Å²) in [6.07, 6.45) is -1.12. The van der Waals surface area contributed by atoms with Crippen molar-refractivity contribution < 1.29 is 14.8 Å². The molecule has 0 aliphatic heterocycles. The zero-order valence-electron chi connectivity index (χ0n) is 17.5. The fourth-order valence-electron chi connectivity index (χ4n) is 3.69. The molecular formula is C25H23N3O4. The van der Waals surface area contributed by atoms with E-state index in [-0.39, 0.29) is 12.1 Å². The second-order valence-corrected chi connectivity index (χ2v) is 7.58. The van der Waals surface area contributed by atoms with Crippen molar-refractivity contribution in [2.24, 2.45) is 0 Å². The lowest BCUT2D eigenvalue weighted by molar-refractivity contribution is -0.384. The van der Waals surface area contributed by atoms with Gasteiger partial charge in [-0.25, -0.2) is 0 Å². The Kier molecular flexibility index (Phi) is 6.98. The molecule has 3 atom stereocenters. The Hall–Kier alpha value is -4.02.